The average Bonchev–Trinajstić information content (AvgIpc) is 4.22. The lowest BCUT2D eigenvalue weighted by atomic mass is 10.0. The number of benzene rings is 9. The number of carbonyl (C=O) groups excluding carboxylic acids is 1. The summed E-state index contributed by atoms with van der Waals surface area (Å²) in [5.41, 5.74) is 10.5. The Hall–Kier alpha value is -9.99. The maximum atomic E-state index is 11.8. The fourth-order valence-corrected chi connectivity index (χ4v) is 8.39. The minimum atomic E-state index is -0.226. The van der Waals surface area contributed by atoms with Crippen LogP contribution in [0, 0.1) is 0 Å². The highest BCUT2D eigenvalue weighted by Crippen LogP contribution is 2.39. The number of nitrogens with zero attached hydrogens (tertiary/aromatic N) is 6. The monoisotopic (exact) mass is 965 g/mol. The molecule has 3 heterocycles. The average molecular weight is 966 g/mol. The number of hydrogen-bond donors (Lipinski definition) is 5. The SMILES string of the molecule is CC(=O)c1ccccc1-c1nnc(-c2c(O)ccc3ccccc23)o1.NC(Cc1nnc(-c2c(O)ccc3ccccc23)o1)c1ccccc1.Oc1cccc(-c2nnc(-c3c(O)ccc4ccccc34)o2)c1. The Balaban J connectivity index is 0.000000126. The number of Topliss-reactive ketones (excluding diaryl/α,β-unsaturated/α-hetero) is 1. The van der Waals surface area contributed by atoms with Gasteiger partial charge in [0.2, 0.25) is 17.7 Å². The molecule has 358 valence electrons. The summed E-state index contributed by atoms with van der Waals surface area (Å²) in [6.45, 7) is 1.49. The van der Waals surface area contributed by atoms with Crippen LogP contribution in [0.4, 0.5) is 0 Å². The van der Waals surface area contributed by atoms with E-state index >= 15 is 0 Å². The molecule has 1 atom stereocenters. The number of phenolic OH excluding ortho intramolecular Hbond substituents is 4. The molecular weight excluding hydrogens is 923 g/mol. The molecular formula is C58H43N7O8. The van der Waals surface area contributed by atoms with Gasteiger partial charge in [0, 0.05) is 29.2 Å². The number of aromatic nitrogens is 6. The third-order valence-electron chi connectivity index (χ3n) is 11.9. The van der Waals surface area contributed by atoms with Gasteiger partial charge in [-0.2, -0.15) is 0 Å². The van der Waals surface area contributed by atoms with Crippen molar-refractivity contribution < 1.29 is 38.5 Å². The molecule has 0 spiro atoms. The first-order valence-corrected chi connectivity index (χ1v) is 22.9. The van der Waals surface area contributed by atoms with E-state index in [2.05, 4.69) is 30.6 Å². The third kappa shape index (κ3) is 9.92. The first-order chi connectivity index (χ1) is 35.6. The number of hydrogen-bond acceptors (Lipinski definition) is 15. The largest absolute Gasteiger partial charge is 0.508 e. The highest BCUT2D eigenvalue weighted by atomic mass is 16.4. The van der Waals surface area contributed by atoms with Crippen molar-refractivity contribution in [2.75, 3.05) is 0 Å². The fourth-order valence-electron chi connectivity index (χ4n) is 8.39. The van der Waals surface area contributed by atoms with Crippen LogP contribution >= 0.6 is 0 Å². The van der Waals surface area contributed by atoms with Gasteiger partial charge in [-0.1, -0.05) is 146 Å². The molecule has 6 N–H and O–H groups in total. The molecule has 0 saturated carbocycles. The molecule has 0 aliphatic rings. The minimum Gasteiger partial charge on any atom is -0.508 e. The quantitative estimate of drug-likeness (QED) is 0.0845. The Morgan fingerprint density at radius 2 is 0.918 bits per heavy atom. The Kier molecular flexibility index (Phi) is 13.1. The molecule has 0 aliphatic carbocycles. The van der Waals surface area contributed by atoms with Crippen molar-refractivity contribution >= 4 is 38.1 Å². The summed E-state index contributed by atoms with van der Waals surface area (Å²) in [6.07, 6.45) is 0.433. The van der Waals surface area contributed by atoms with Gasteiger partial charge in [0.25, 0.3) is 17.7 Å². The zero-order valence-corrected chi connectivity index (χ0v) is 38.9. The fraction of sp³-hybridized carbons (Fsp3) is 0.0517. The number of nitrogens with two attached hydrogens (primary N) is 1. The lowest BCUT2D eigenvalue weighted by Crippen LogP contribution is -2.13. The summed E-state index contributed by atoms with van der Waals surface area (Å²) in [7, 11) is 0. The molecule has 0 amide bonds. The van der Waals surface area contributed by atoms with Gasteiger partial charge in [0.15, 0.2) is 5.78 Å². The van der Waals surface area contributed by atoms with E-state index in [9.17, 15) is 25.2 Å². The summed E-state index contributed by atoms with van der Waals surface area (Å²) < 4.78 is 17.3. The van der Waals surface area contributed by atoms with Gasteiger partial charge in [-0.3, -0.25) is 4.79 Å². The van der Waals surface area contributed by atoms with Crippen molar-refractivity contribution in [2.45, 2.75) is 19.4 Å². The van der Waals surface area contributed by atoms with E-state index in [-0.39, 0.29) is 58.4 Å². The van der Waals surface area contributed by atoms with Crippen LogP contribution in [0.5, 0.6) is 23.0 Å². The predicted molar refractivity (Wildman–Crippen MR) is 276 cm³/mol. The van der Waals surface area contributed by atoms with Crippen LogP contribution in [0.2, 0.25) is 0 Å². The number of aromatic hydroxyl groups is 4. The smallest absolute Gasteiger partial charge is 0.252 e. The van der Waals surface area contributed by atoms with Crippen LogP contribution in [0.1, 0.15) is 34.8 Å². The minimum absolute atomic E-state index is 0.0637. The van der Waals surface area contributed by atoms with Gasteiger partial charge in [-0.15, -0.1) is 30.6 Å². The third-order valence-corrected chi connectivity index (χ3v) is 11.9. The molecule has 15 nitrogen and oxygen atoms in total. The lowest BCUT2D eigenvalue weighted by molar-refractivity contribution is 0.101. The molecule has 12 aromatic rings. The van der Waals surface area contributed by atoms with Gasteiger partial charge < -0.3 is 39.4 Å². The van der Waals surface area contributed by atoms with E-state index in [4.69, 9.17) is 19.0 Å². The first-order valence-electron chi connectivity index (χ1n) is 22.9. The van der Waals surface area contributed by atoms with E-state index in [0.29, 0.717) is 51.6 Å². The molecule has 0 saturated heterocycles. The molecule has 73 heavy (non-hydrogen) atoms. The molecule has 3 aromatic heterocycles. The molecule has 0 radical (unpaired) electrons. The van der Waals surface area contributed by atoms with Gasteiger partial charge in [0.1, 0.15) is 23.0 Å². The normalized spacial score (nSPS) is 11.4. The Labute approximate surface area is 416 Å². The molecule has 1 unspecified atom stereocenters. The number of phenols is 4. The van der Waals surface area contributed by atoms with Crippen LogP contribution in [0.3, 0.4) is 0 Å². The van der Waals surface area contributed by atoms with Crippen LogP contribution in [-0.2, 0) is 6.42 Å². The molecule has 9 aromatic carbocycles. The highest BCUT2D eigenvalue weighted by molar-refractivity contribution is 6.01. The Morgan fingerprint density at radius 1 is 0.466 bits per heavy atom. The topological polar surface area (TPSA) is 241 Å². The molecule has 15 heteroatoms. The van der Waals surface area contributed by atoms with E-state index in [0.717, 1.165) is 37.9 Å². The predicted octanol–water partition coefficient (Wildman–Crippen LogP) is 12.3. The van der Waals surface area contributed by atoms with Gasteiger partial charge >= 0.3 is 0 Å². The second kappa shape index (κ2) is 20.5. The highest BCUT2D eigenvalue weighted by Gasteiger charge is 2.21. The van der Waals surface area contributed by atoms with Crippen molar-refractivity contribution in [2.24, 2.45) is 5.73 Å². The molecule has 0 fully saturated rings. The summed E-state index contributed by atoms with van der Waals surface area (Å²) >= 11 is 0. The Bertz CT molecular complexity index is 3930. The van der Waals surface area contributed by atoms with Gasteiger partial charge in [0.05, 0.1) is 16.7 Å². The van der Waals surface area contributed by atoms with Crippen molar-refractivity contribution in [3.8, 4) is 80.3 Å². The molecule has 12 rings (SSSR count). The summed E-state index contributed by atoms with van der Waals surface area (Å²) in [4.78, 5) is 11.8. The van der Waals surface area contributed by atoms with Crippen molar-refractivity contribution in [1.82, 2.24) is 30.6 Å². The first kappa shape index (κ1) is 46.7. The van der Waals surface area contributed by atoms with Crippen molar-refractivity contribution in [3.05, 3.63) is 205 Å². The van der Waals surface area contributed by atoms with Gasteiger partial charge in [-0.05, 0) is 87.3 Å². The maximum Gasteiger partial charge on any atom is 0.252 e. The van der Waals surface area contributed by atoms with Crippen LogP contribution in [-0.4, -0.2) is 56.8 Å². The standard InChI is InChI=1S/C20H17N3O2.C20H14N2O3.C18H12N2O3/c21-16(14-7-2-1-3-8-14)12-18-22-23-20(25-18)19-15-9-5-4-6-13(15)10-11-17(19)24;1-12(23)14-7-4-5-9-16(14)19-21-22-20(25-19)18-15-8-3-2-6-13(15)10-11-17(18)24;21-13-6-3-5-12(10-13)17-19-20-18(23-17)16-14-7-2-1-4-11(14)8-9-15(16)22/h1-11,16,24H,12,21H2;2-11,24H,1H3;1-10,21-22H. The molecule has 0 bridgehead atoms. The molecule has 0 aliphatic heterocycles. The second-order valence-electron chi connectivity index (χ2n) is 16.7. The number of rotatable bonds is 9. The van der Waals surface area contributed by atoms with Gasteiger partial charge in [-0.25, -0.2) is 0 Å². The number of carbonyl (C=O) groups is 1. The number of ketones is 1. The summed E-state index contributed by atoms with van der Waals surface area (Å²) in [5.74, 6) is 2.00. The maximum absolute atomic E-state index is 11.8. The Morgan fingerprint density at radius 3 is 1.47 bits per heavy atom. The van der Waals surface area contributed by atoms with Crippen molar-refractivity contribution in [3.63, 3.8) is 0 Å². The second-order valence-corrected chi connectivity index (χ2v) is 16.7. The van der Waals surface area contributed by atoms with E-state index in [1.807, 2.05) is 121 Å². The van der Waals surface area contributed by atoms with E-state index < -0.39 is 0 Å². The summed E-state index contributed by atoms with van der Waals surface area (Å²) in [6, 6.07) is 56.6. The van der Waals surface area contributed by atoms with E-state index in [1.54, 1.807) is 66.7 Å². The summed E-state index contributed by atoms with van der Waals surface area (Å²) in [5, 5.41) is 70.2. The van der Waals surface area contributed by atoms with Crippen LogP contribution in [0.25, 0.3) is 89.6 Å². The number of fused-ring (bicyclic) bond motifs is 3. The zero-order chi connectivity index (χ0) is 50.4. The zero-order valence-electron chi connectivity index (χ0n) is 38.9. The lowest BCUT2D eigenvalue weighted by Gasteiger charge is -2.08. The van der Waals surface area contributed by atoms with E-state index in [1.165, 1.54) is 6.92 Å². The van der Waals surface area contributed by atoms with Crippen LogP contribution < -0.4 is 5.73 Å². The van der Waals surface area contributed by atoms with Crippen molar-refractivity contribution in [1.29, 1.82) is 0 Å². The van der Waals surface area contributed by atoms with Crippen LogP contribution in [0.15, 0.2) is 201 Å².